The zero-order valence-electron chi connectivity index (χ0n) is 10.4. The van der Waals surface area contributed by atoms with E-state index in [2.05, 4.69) is 48.3 Å². The fourth-order valence-corrected chi connectivity index (χ4v) is 1.80. The molecule has 0 bridgehead atoms. The number of aryl methyl sites for hydroxylation is 2. The van der Waals surface area contributed by atoms with Gasteiger partial charge in [0.1, 0.15) is 6.04 Å². The van der Waals surface area contributed by atoms with Crippen LogP contribution in [-0.4, -0.2) is 26.7 Å². The van der Waals surface area contributed by atoms with Crippen LogP contribution >= 0.6 is 0 Å². The number of nitrogens with zero attached hydrogens (tertiary/aromatic N) is 2. The number of rotatable bonds is 4. The van der Waals surface area contributed by atoms with Crippen LogP contribution in [0.4, 0.5) is 5.69 Å². The Morgan fingerprint density at radius 1 is 1.44 bits per heavy atom. The molecule has 0 fully saturated rings. The quantitative estimate of drug-likeness (QED) is 0.836. The maximum absolute atomic E-state index is 8.90. The Morgan fingerprint density at radius 3 is 2.62 bits per heavy atom. The summed E-state index contributed by atoms with van der Waals surface area (Å²) in [5.41, 5.74) is 3.69. The van der Waals surface area contributed by atoms with Crippen molar-refractivity contribution in [2.45, 2.75) is 19.9 Å². The monoisotopic (exact) mass is 217 g/mol. The molecule has 0 radical (unpaired) electrons. The largest absolute Gasteiger partial charge is 0.372 e. The van der Waals surface area contributed by atoms with Crippen molar-refractivity contribution < 1.29 is 0 Å². The van der Waals surface area contributed by atoms with Crippen molar-refractivity contribution in [3.8, 4) is 6.07 Å². The van der Waals surface area contributed by atoms with Gasteiger partial charge in [0.2, 0.25) is 0 Å². The minimum atomic E-state index is -0.134. The SMILES string of the molecule is CNC(C#N)CN(C)c1ccc(C)cc1C. The molecule has 1 N–H and O–H groups in total. The first-order valence-corrected chi connectivity index (χ1v) is 5.43. The van der Waals surface area contributed by atoms with Gasteiger partial charge in [-0.2, -0.15) is 5.26 Å². The van der Waals surface area contributed by atoms with Crippen molar-refractivity contribution in [2.24, 2.45) is 0 Å². The third-order valence-corrected chi connectivity index (χ3v) is 2.72. The summed E-state index contributed by atoms with van der Waals surface area (Å²) in [5, 5.41) is 11.9. The molecule has 1 aromatic rings. The molecule has 1 atom stereocenters. The molecular weight excluding hydrogens is 198 g/mol. The van der Waals surface area contributed by atoms with E-state index in [0.717, 1.165) is 0 Å². The molecule has 0 saturated carbocycles. The van der Waals surface area contributed by atoms with E-state index in [1.165, 1.54) is 16.8 Å². The molecule has 0 aliphatic heterocycles. The minimum absolute atomic E-state index is 0.134. The standard InChI is InChI=1S/C13H19N3/c1-10-5-6-13(11(2)7-10)16(4)9-12(8-14)15-3/h5-7,12,15H,9H2,1-4H3. The number of nitrogens with one attached hydrogen (secondary N) is 1. The molecule has 1 aromatic carbocycles. The Bertz CT molecular complexity index is 393. The molecule has 3 heteroatoms. The van der Waals surface area contributed by atoms with E-state index < -0.39 is 0 Å². The lowest BCUT2D eigenvalue weighted by molar-refractivity contribution is 0.665. The van der Waals surface area contributed by atoms with Gasteiger partial charge in [-0.1, -0.05) is 17.7 Å². The van der Waals surface area contributed by atoms with E-state index in [0.29, 0.717) is 6.54 Å². The second-order valence-corrected chi connectivity index (χ2v) is 4.14. The summed E-state index contributed by atoms with van der Waals surface area (Å²) in [7, 11) is 3.82. The average Bonchev–Trinajstić information content (AvgIpc) is 2.25. The highest BCUT2D eigenvalue weighted by Gasteiger charge is 2.10. The third kappa shape index (κ3) is 2.98. The van der Waals surface area contributed by atoms with Gasteiger partial charge in [-0.3, -0.25) is 0 Å². The molecule has 16 heavy (non-hydrogen) atoms. The fourth-order valence-electron chi connectivity index (χ4n) is 1.80. The minimum Gasteiger partial charge on any atom is -0.372 e. The Morgan fingerprint density at radius 2 is 2.12 bits per heavy atom. The van der Waals surface area contributed by atoms with Crippen LogP contribution in [0.15, 0.2) is 18.2 Å². The number of nitriles is 1. The van der Waals surface area contributed by atoms with Crippen LogP contribution < -0.4 is 10.2 Å². The lowest BCUT2D eigenvalue weighted by atomic mass is 10.1. The highest BCUT2D eigenvalue weighted by Crippen LogP contribution is 2.19. The van der Waals surface area contributed by atoms with Crippen molar-refractivity contribution >= 4 is 5.69 Å². The highest BCUT2D eigenvalue weighted by molar-refractivity contribution is 5.54. The van der Waals surface area contributed by atoms with E-state index in [1.807, 2.05) is 14.1 Å². The van der Waals surface area contributed by atoms with Gasteiger partial charge in [0.25, 0.3) is 0 Å². The van der Waals surface area contributed by atoms with Crippen LogP contribution in [-0.2, 0) is 0 Å². The van der Waals surface area contributed by atoms with Gasteiger partial charge in [0, 0.05) is 19.3 Å². The van der Waals surface area contributed by atoms with Gasteiger partial charge in [0.15, 0.2) is 0 Å². The number of benzene rings is 1. The molecule has 0 amide bonds. The van der Waals surface area contributed by atoms with Gasteiger partial charge in [0.05, 0.1) is 6.07 Å². The third-order valence-electron chi connectivity index (χ3n) is 2.72. The van der Waals surface area contributed by atoms with E-state index in [4.69, 9.17) is 5.26 Å². The van der Waals surface area contributed by atoms with E-state index >= 15 is 0 Å². The lowest BCUT2D eigenvalue weighted by Gasteiger charge is -2.23. The molecule has 0 saturated heterocycles. The first kappa shape index (κ1) is 12.5. The van der Waals surface area contributed by atoms with Gasteiger partial charge in [-0.15, -0.1) is 0 Å². The summed E-state index contributed by atoms with van der Waals surface area (Å²) >= 11 is 0. The van der Waals surface area contributed by atoms with Crippen LogP contribution in [0.5, 0.6) is 0 Å². The van der Waals surface area contributed by atoms with Gasteiger partial charge >= 0.3 is 0 Å². The average molecular weight is 217 g/mol. The molecule has 0 aromatic heterocycles. The van der Waals surface area contributed by atoms with Crippen molar-refractivity contribution in [3.63, 3.8) is 0 Å². The molecule has 1 rings (SSSR count). The Hall–Kier alpha value is -1.53. The van der Waals surface area contributed by atoms with Gasteiger partial charge < -0.3 is 10.2 Å². The topological polar surface area (TPSA) is 39.1 Å². The van der Waals surface area contributed by atoms with Crippen LogP contribution in [0.2, 0.25) is 0 Å². The van der Waals surface area contributed by atoms with Crippen LogP contribution in [0.25, 0.3) is 0 Å². The van der Waals surface area contributed by atoms with Gasteiger partial charge in [-0.25, -0.2) is 0 Å². The number of hydrogen-bond acceptors (Lipinski definition) is 3. The predicted molar refractivity (Wildman–Crippen MR) is 67.6 cm³/mol. The second kappa shape index (κ2) is 5.53. The van der Waals surface area contributed by atoms with Crippen molar-refractivity contribution in [2.75, 3.05) is 25.5 Å². The maximum Gasteiger partial charge on any atom is 0.113 e. The van der Waals surface area contributed by atoms with E-state index in [1.54, 1.807) is 0 Å². The van der Waals surface area contributed by atoms with Crippen LogP contribution in [0, 0.1) is 25.2 Å². The molecule has 0 spiro atoms. The van der Waals surface area contributed by atoms with Gasteiger partial charge in [-0.05, 0) is 32.5 Å². The summed E-state index contributed by atoms with van der Waals surface area (Å²) in [5.74, 6) is 0. The normalized spacial score (nSPS) is 11.9. The number of hydrogen-bond donors (Lipinski definition) is 1. The fraction of sp³-hybridized carbons (Fsp3) is 0.462. The molecule has 0 aliphatic carbocycles. The lowest BCUT2D eigenvalue weighted by Crippen LogP contribution is -2.36. The first-order chi connectivity index (χ1) is 7.58. The number of anilines is 1. The Kier molecular flexibility index (Phi) is 4.33. The summed E-state index contributed by atoms with van der Waals surface area (Å²) in [4.78, 5) is 2.11. The van der Waals surface area contributed by atoms with E-state index in [-0.39, 0.29) is 6.04 Å². The molecule has 3 nitrogen and oxygen atoms in total. The zero-order valence-corrected chi connectivity index (χ0v) is 10.4. The second-order valence-electron chi connectivity index (χ2n) is 4.14. The summed E-state index contributed by atoms with van der Waals surface area (Å²) in [6, 6.07) is 8.46. The zero-order chi connectivity index (χ0) is 12.1. The van der Waals surface area contributed by atoms with Crippen molar-refractivity contribution in [1.82, 2.24) is 5.32 Å². The Balaban J connectivity index is 2.81. The van der Waals surface area contributed by atoms with E-state index in [9.17, 15) is 0 Å². The maximum atomic E-state index is 8.90. The van der Waals surface area contributed by atoms with Crippen molar-refractivity contribution in [1.29, 1.82) is 5.26 Å². The molecule has 0 heterocycles. The highest BCUT2D eigenvalue weighted by atomic mass is 15.1. The molecule has 1 unspecified atom stereocenters. The number of likely N-dealkylation sites (N-methyl/N-ethyl adjacent to an activating group) is 2. The summed E-state index contributed by atoms with van der Waals surface area (Å²) in [6.45, 7) is 4.87. The summed E-state index contributed by atoms with van der Waals surface area (Å²) in [6.07, 6.45) is 0. The Labute approximate surface area is 97.7 Å². The summed E-state index contributed by atoms with van der Waals surface area (Å²) < 4.78 is 0. The van der Waals surface area contributed by atoms with Crippen molar-refractivity contribution in [3.05, 3.63) is 29.3 Å². The smallest absolute Gasteiger partial charge is 0.113 e. The molecule has 0 aliphatic rings. The first-order valence-electron chi connectivity index (χ1n) is 5.43. The predicted octanol–water partition coefficient (Wildman–Crippen LogP) is 1.85. The molecular formula is C13H19N3. The van der Waals surface area contributed by atoms with Crippen LogP contribution in [0.1, 0.15) is 11.1 Å². The molecule has 86 valence electrons. The van der Waals surface area contributed by atoms with Crippen LogP contribution in [0.3, 0.4) is 0 Å².